The van der Waals surface area contributed by atoms with Gasteiger partial charge in [-0.05, 0) is 44.9 Å². The molecule has 1 aliphatic carbocycles. The highest BCUT2D eigenvalue weighted by atomic mass is 14.2. The minimum Gasteiger partial charge on any atom is -0.0998 e. The van der Waals surface area contributed by atoms with Crippen LogP contribution in [0.3, 0.4) is 0 Å². The first kappa shape index (κ1) is 13.5. The highest BCUT2D eigenvalue weighted by Gasteiger charge is 2.11. The van der Waals surface area contributed by atoms with E-state index in [1.165, 1.54) is 30.8 Å². The molecule has 0 saturated heterocycles. The third kappa shape index (κ3) is 6.94. The molecule has 0 fully saturated rings. The van der Waals surface area contributed by atoms with E-state index in [0.29, 0.717) is 0 Å². The molecular weight excluding hydrogens is 168 g/mol. The number of hydrogen-bond acceptors (Lipinski definition) is 0. The molecule has 1 rings (SSSR count). The van der Waals surface area contributed by atoms with E-state index in [1.54, 1.807) is 5.57 Å². The smallest absolute Gasteiger partial charge is 0.0171 e. The van der Waals surface area contributed by atoms with Crippen LogP contribution >= 0.6 is 0 Å². The molecule has 0 aromatic heterocycles. The lowest BCUT2D eigenvalue weighted by Crippen LogP contribution is -2.04. The van der Waals surface area contributed by atoms with Crippen molar-refractivity contribution in [3.63, 3.8) is 0 Å². The lowest BCUT2D eigenvalue weighted by molar-refractivity contribution is 0.540. The molecular formula is C14H25. The summed E-state index contributed by atoms with van der Waals surface area (Å²) >= 11 is 0. The summed E-state index contributed by atoms with van der Waals surface area (Å²) in [6.45, 7) is 14.6. The third-order valence-electron chi connectivity index (χ3n) is 2.33. The predicted molar refractivity (Wildman–Crippen MR) is 66.2 cm³/mol. The summed E-state index contributed by atoms with van der Waals surface area (Å²) in [4.78, 5) is 0. The monoisotopic (exact) mass is 193 g/mol. The second-order valence-corrected chi connectivity index (χ2v) is 4.87. The molecule has 1 unspecified atom stereocenters. The molecule has 0 heterocycles. The van der Waals surface area contributed by atoms with Gasteiger partial charge in [-0.1, -0.05) is 44.6 Å². The Labute approximate surface area is 90.1 Å². The van der Waals surface area contributed by atoms with E-state index in [0.717, 1.165) is 5.92 Å². The fourth-order valence-electron chi connectivity index (χ4n) is 1.41. The Morgan fingerprint density at radius 2 is 1.79 bits per heavy atom. The molecule has 0 amide bonds. The predicted octanol–water partition coefficient (Wildman–Crippen LogP) is 4.93. The van der Waals surface area contributed by atoms with Crippen molar-refractivity contribution in [2.75, 3.05) is 0 Å². The quantitative estimate of drug-likeness (QED) is 0.518. The van der Waals surface area contributed by atoms with Crippen LogP contribution in [0.25, 0.3) is 0 Å². The first-order valence-electron chi connectivity index (χ1n) is 5.51. The zero-order valence-corrected chi connectivity index (χ0v) is 10.5. The summed E-state index contributed by atoms with van der Waals surface area (Å²) in [5, 5.41) is 0. The molecule has 0 saturated carbocycles. The average molecular weight is 193 g/mol. The van der Waals surface area contributed by atoms with E-state index in [9.17, 15) is 0 Å². The number of allylic oxidation sites excluding steroid dienone is 3. The van der Waals surface area contributed by atoms with Gasteiger partial charge in [0.15, 0.2) is 0 Å². The summed E-state index contributed by atoms with van der Waals surface area (Å²) in [5.74, 6) is 2.18. The van der Waals surface area contributed by atoms with Gasteiger partial charge in [0.1, 0.15) is 0 Å². The van der Waals surface area contributed by atoms with Crippen LogP contribution in [-0.2, 0) is 0 Å². The van der Waals surface area contributed by atoms with Crippen LogP contribution in [0.15, 0.2) is 23.8 Å². The van der Waals surface area contributed by atoms with Gasteiger partial charge in [-0.2, -0.15) is 0 Å². The molecule has 0 aromatic rings. The zero-order chi connectivity index (χ0) is 11.1. The van der Waals surface area contributed by atoms with Gasteiger partial charge in [0.2, 0.25) is 0 Å². The standard InChI is InChI=1S/C10H16.C4H9/c1-8(2)10-6-4-9(3)5-7-10;1-4(2)3/h4,10H,1,5-7H2,2-3H3;1-3H3. The maximum Gasteiger partial charge on any atom is -0.0171 e. The molecule has 0 spiro atoms. The molecule has 0 N–H and O–H groups in total. The van der Waals surface area contributed by atoms with Crippen molar-refractivity contribution in [1.82, 2.24) is 0 Å². The van der Waals surface area contributed by atoms with Crippen molar-refractivity contribution >= 4 is 0 Å². The van der Waals surface area contributed by atoms with E-state index in [2.05, 4.69) is 47.3 Å². The summed E-state index contributed by atoms with van der Waals surface area (Å²) in [6, 6.07) is 0. The molecule has 0 heteroatoms. The van der Waals surface area contributed by atoms with Crippen molar-refractivity contribution in [3.8, 4) is 0 Å². The van der Waals surface area contributed by atoms with E-state index in [1.807, 2.05) is 0 Å². The van der Waals surface area contributed by atoms with Crippen molar-refractivity contribution in [3.05, 3.63) is 29.7 Å². The molecule has 0 bridgehead atoms. The Bertz CT molecular complexity index is 193. The van der Waals surface area contributed by atoms with E-state index < -0.39 is 0 Å². The fraction of sp³-hybridized carbons (Fsp3) is 0.643. The number of hydrogen-bond donors (Lipinski definition) is 0. The Morgan fingerprint density at radius 3 is 2.07 bits per heavy atom. The van der Waals surface area contributed by atoms with Crippen molar-refractivity contribution in [2.45, 2.75) is 53.9 Å². The normalized spacial score (nSPS) is 21.0. The second-order valence-electron chi connectivity index (χ2n) is 4.87. The van der Waals surface area contributed by atoms with Gasteiger partial charge in [0.25, 0.3) is 0 Å². The highest BCUT2D eigenvalue weighted by molar-refractivity contribution is 5.09. The second kappa shape index (κ2) is 6.86. The van der Waals surface area contributed by atoms with Crippen LogP contribution in [0.2, 0.25) is 0 Å². The van der Waals surface area contributed by atoms with E-state index in [4.69, 9.17) is 0 Å². The van der Waals surface area contributed by atoms with Gasteiger partial charge in [0, 0.05) is 0 Å². The Morgan fingerprint density at radius 1 is 1.29 bits per heavy atom. The molecule has 81 valence electrons. The Hall–Kier alpha value is -0.520. The molecule has 0 nitrogen and oxygen atoms in total. The largest absolute Gasteiger partial charge is 0.0998 e. The maximum atomic E-state index is 3.97. The Balaban J connectivity index is 0.000000364. The van der Waals surface area contributed by atoms with Gasteiger partial charge in [0.05, 0.1) is 0 Å². The van der Waals surface area contributed by atoms with Crippen LogP contribution < -0.4 is 0 Å². The topological polar surface area (TPSA) is 0 Å². The summed E-state index contributed by atoms with van der Waals surface area (Å²) in [5.41, 5.74) is 2.90. The van der Waals surface area contributed by atoms with Gasteiger partial charge < -0.3 is 0 Å². The first-order chi connectivity index (χ1) is 6.43. The fourth-order valence-corrected chi connectivity index (χ4v) is 1.41. The molecule has 1 atom stereocenters. The molecule has 1 aliphatic rings. The highest BCUT2D eigenvalue weighted by Crippen LogP contribution is 2.27. The van der Waals surface area contributed by atoms with Crippen LogP contribution in [0.4, 0.5) is 0 Å². The van der Waals surface area contributed by atoms with Gasteiger partial charge >= 0.3 is 0 Å². The van der Waals surface area contributed by atoms with Crippen LogP contribution in [-0.4, -0.2) is 0 Å². The lowest BCUT2D eigenvalue weighted by atomic mass is 9.86. The molecule has 0 aromatic carbocycles. The van der Waals surface area contributed by atoms with Crippen LogP contribution in [0, 0.1) is 11.8 Å². The Kier molecular flexibility index (Phi) is 6.61. The SMILES string of the molecule is C=C(C)C1CC=C(C)CC1.C[C](C)C. The summed E-state index contributed by atoms with van der Waals surface area (Å²) in [6.07, 6.45) is 6.17. The molecule has 0 aliphatic heterocycles. The minimum atomic E-state index is 0.767. The van der Waals surface area contributed by atoms with Gasteiger partial charge in [-0.3, -0.25) is 0 Å². The van der Waals surface area contributed by atoms with Crippen molar-refractivity contribution < 1.29 is 0 Å². The van der Waals surface area contributed by atoms with Gasteiger partial charge in [-0.25, -0.2) is 0 Å². The van der Waals surface area contributed by atoms with Crippen molar-refractivity contribution in [2.24, 2.45) is 5.92 Å². The lowest BCUT2D eigenvalue weighted by Gasteiger charge is -2.19. The van der Waals surface area contributed by atoms with Crippen molar-refractivity contribution in [1.29, 1.82) is 0 Å². The van der Waals surface area contributed by atoms with Gasteiger partial charge in [-0.15, -0.1) is 0 Å². The van der Waals surface area contributed by atoms with Crippen LogP contribution in [0.1, 0.15) is 53.9 Å². The van der Waals surface area contributed by atoms with Crippen LogP contribution in [0.5, 0.6) is 0 Å². The minimum absolute atomic E-state index is 0.767. The maximum absolute atomic E-state index is 3.97. The third-order valence-corrected chi connectivity index (χ3v) is 2.33. The average Bonchev–Trinajstić information content (AvgIpc) is 2.03. The zero-order valence-electron chi connectivity index (χ0n) is 10.5. The van der Waals surface area contributed by atoms with E-state index in [-0.39, 0.29) is 0 Å². The molecule has 1 radical (unpaired) electrons. The summed E-state index contributed by atoms with van der Waals surface area (Å²) < 4.78 is 0. The summed E-state index contributed by atoms with van der Waals surface area (Å²) in [7, 11) is 0. The van der Waals surface area contributed by atoms with E-state index >= 15 is 0 Å². The molecule has 14 heavy (non-hydrogen) atoms. The number of rotatable bonds is 1. The first-order valence-corrected chi connectivity index (χ1v) is 5.51.